The molecule has 2 heterocycles. The fraction of sp³-hybridized carbons (Fsp3) is 0.900. The largest absolute Gasteiger partial charge is 0.373 e. The average Bonchev–Trinajstić information content (AvgIpc) is 2.56. The van der Waals surface area contributed by atoms with Crippen LogP contribution in [-0.2, 0) is 9.84 Å². The van der Waals surface area contributed by atoms with E-state index in [1.807, 2.05) is 0 Å². The summed E-state index contributed by atoms with van der Waals surface area (Å²) in [6, 6.07) is 0. The Hall–Kier alpha value is -0.580. The topological polar surface area (TPSA) is 58.5 Å². The first kappa shape index (κ1) is 10.9. The van der Waals surface area contributed by atoms with Crippen LogP contribution in [0.3, 0.4) is 0 Å². The minimum atomic E-state index is -2.81. The van der Waals surface area contributed by atoms with Crippen LogP contribution in [0.2, 0.25) is 0 Å². The molecule has 2 aliphatic rings. The summed E-state index contributed by atoms with van der Waals surface area (Å²) in [7, 11) is -2.81. The van der Waals surface area contributed by atoms with E-state index in [1.54, 1.807) is 0 Å². The first-order chi connectivity index (χ1) is 7.18. The van der Waals surface area contributed by atoms with Gasteiger partial charge in [-0.3, -0.25) is 4.99 Å². The van der Waals surface area contributed by atoms with Crippen LogP contribution < -0.4 is 5.32 Å². The van der Waals surface area contributed by atoms with Gasteiger partial charge in [0.05, 0.1) is 16.8 Å². The maximum atomic E-state index is 11.6. The quantitative estimate of drug-likeness (QED) is 0.761. The van der Waals surface area contributed by atoms with Crippen LogP contribution in [0.1, 0.15) is 32.1 Å². The molecule has 5 heteroatoms. The first-order valence-electron chi connectivity index (χ1n) is 5.67. The third-order valence-corrected chi connectivity index (χ3v) is 5.40. The highest BCUT2D eigenvalue weighted by Gasteiger charge is 2.31. The fourth-order valence-electron chi connectivity index (χ4n) is 2.16. The monoisotopic (exact) mass is 230 g/mol. The highest BCUT2D eigenvalue weighted by atomic mass is 32.2. The normalized spacial score (nSPS) is 29.9. The third kappa shape index (κ3) is 2.71. The highest BCUT2D eigenvalue weighted by molar-refractivity contribution is 7.92. The van der Waals surface area contributed by atoms with Gasteiger partial charge in [0.1, 0.15) is 0 Å². The predicted molar refractivity (Wildman–Crippen MR) is 61.0 cm³/mol. The second kappa shape index (κ2) is 4.51. The summed E-state index contributed by atoms with van der Waals surface area (Å²) in [6.45, 7) is 1.45. The van der Waals surface area contributed by atoms with Crippen molar-refractivity contribution in [2.45, 2.75) is 37.4 Å². The summed E-state index contributed by atoms with van der Waals surface area (Å²) in [5.41, 5.74) is 0. The molecule has 1 fully saturated rings. The third-order valence-electron chi connectivity index (χ3n) is 3.12. The van der Waals surface area contributed by atoms with Crippen molar-refractivity contribution in [3.8, 4) is 0 Å². The van der Waals surface area contributed by atoms with Crippen molar-refractivity contribution in [1.29, 1.82) is 0 Å². The lowest BCUT2D eigenvalue weighted by molar-refractivity contribution is 0.585. The van der Waals surface area contributed by atoms with Crippen molar-refractivity contribution >= 4 is 15.7 Å². The Labute approximate surface area is 91.1 Å². The average molecular weight is 230 g/mol. The van der Waals surface area contributed by atoms with E-state index >= 15 is 0 Å². The molecule has 1 saturated heterocycles. The van der Waals surface area contributed by atoms with Crippen LogP contribution in [0.25, 0.3) is 0 Å². The number of nitrogens with zero attached hydrogens (tertiary/aromatic N) is 1. The summed E-state index contributed by atoms with van der Waals surface area (Å²) >= 11 is 0. The van der Waals surface area contributed by atoms with E-state index in [0.717, 1.165) is 38.1 Å². The Morgan fingerprint density at radius 3 is 2.80 bits per heavy atom. The van der Waals surface area contributed by atoms with Crippen molar-refractivity contribution < 1.29 is 8.42 Å². The minimum absolute atomic E-state index is 0.179. The smallest absolute Gasteiger partial charge is 0.154 e. The molecule has 15 heavy (non-hydrogen) atoms. The van der Waals surface area contributed by atoms with Crippen LogP contribution >= 0.6 is 0 Å². The Morgan fingerprint density at radius 1 is 1.33 bits per heavy atom. The molecule has 2 rings (SSSR count). The zero-order chi connectivity index (χ0) is 10.7. The maximum absolute atomic E-state index is 11.6. The molecule has 2 aliphatic heterocycles. The molecule has 4 nitrogen and oxygen atoms in total. The van der Waals surface area contributed by atoms with Gasteiger partial charge in [0.25, 0.3) is 0 Å². The van der Waals surface area contributed by atoms with Crippen LogP contribution in [-0.4, -0.2) is 38.3 Å². The SMILES string of the molecule is O=S1(=O)CCCC1CNC1=NCCCC1. The molecule has 0 amide bonds. The summed E-state index contributed by atoms with van der Waals surface area (Å²) in [4.78, 5) is 4.35. The molecule has 0 aromatic rings. The van der Waals surface area contributed by atoms with E-state index in [4.69, 9.17) is 0 Å². The lowest BCUT2D eigenvalue weighted by atomic mass is 10.2. The van der Waals surface area contributed by atoms with Crippen molar-refractivity contribution in [2.75, 3.05) is 18.8 Å². The van der Waals surface area contributed by atoms with Crippen LogP contribution in [0, 0.1) is 0 Å². The molecule has 1 unspecified atom stereocenters. The summed E-state index contributed by atoms with van der Waals surface area (Å²) < 4.78 is 23.1. The lowest BCUT2D eigenvalue weighted by Gasteiger charge is -2.16. The van der Waals surface area contributed by atoms with Crippen molar-refractivity contribution in [2.24, 2.45) is 4.99 Å². The number of amidine groups is 1. The molecule has 0 spiro atoms. The van der Waals surface area contributed by atoms with Gasteiger partial charge in [-0.1, -0.05) is 0 Å². The number of hydrogen-bond acceptors (Lipinski definition) is 4. The number of nitrogens with one attached hydrogen (secondary N) is 1. The second-order valence-corrected chi connectivity index (χ2v) is 6.70. The molecule has 86 valence electrons. The van der Waals surface area contributed by atoms with Gasteiger partial charge in [0.2, 0.25) is 0 Å². The van der Waals surface area contributed by atoms with E-state index in [9.17, 15) is 8.42 Å². The van der Waals surface area contributed by atoms with E-state index in [2.05, 4.69) is 10.3 Å². The van der Waals surface area contributed by atoms with Gasteiger partial charge in [0.15, 0.2) is 9.84 Å². The lowest BCUT2D eigenvalue weighted by Crippen LogP contribution is -2.35. The Kier molecular flexibility index (Phi) is 3.29. The molecule has 0 aromatic carbocycles. The van der Waals surface area contributed by atoms with Gasteiger partial charge >= 0.3 is 0 Å². The van der Waals surface area contributed by atoms with E-state index < -0.39 is 9.84 Å². The van der Waals surface area contributed by atoms with E-state index in [-0.39, 0.29) is 5.25 Å². The second-order valence-electron chi connectivity index (χ2n) is 4.30. The van der Waals surface area contributed by atoms with Crippen molar-refractivity contribution in [3.63, 3.8) is 0 Å². The number of rotatable bonds is 2. The zero-order valence-electron chi connectivity index (χ0n) is 8.91. The Balaban J connectivity index is 1.85. The van der Waals surface area contributed by atoms with Crippen molar-refractivity contribution in [1.82, 2.24) is 5.32 Å². The molecule has 0 bridgehead atoms. The number of hydrogen-bond donors (Lipinski definition) is 1. The molecule has 0 saturated carbocycles. The molecule has 0 aliphatic carbocycles. The zero-order valence-corrected chi connectivity index (χ0v) is 9.72. The van der Waals surface area contributed by atoms with Gasteiger partial charge in [-0.05, 0) is 25.7 Å². The maximum Gasteiger partial charge on any atom is 0.154 e. The van der Waals surface area contributed by atoms with Crippen LogP contribution in [0.15, 0.2) is 4.99 Å². The Morgan fingerprint density at radius 2 is 2.20 bits per heavy atom. The molecule has 0 aromatic heterocycles. The molecular formula is C10H18N2O2S. The van der Waals surface area contributed by atoms with Gasteiger partial charge in [-0.25, -0.2) is 8.42 Å². The van der Waals surface area contributed by atoms with Gasteiger partial charge in [-0.2, -0.15) is 0 Å². The number of aliphatic imine (C=N–C) groups is 1. The van der Waals surface area contributed by atoms with Gasteiger partial charge < -0.3 is 5.32 Å². The van der Waals surface area contributed by atoms with E-state index in [0.29, 0.717) is 12.3 Å². The van der Waals surface area contributed by atoms with E-state index in [1.165, 1.54) is 6.42 Å². The highest BCUT2D eigenvalue weighted by Crippen LogP contribution is 2.19. The van der Waals surface area contributed by atoms with Crippen molar-refractivity contribution in [3.05, 3.63) is 0 Å². The number of sulfone groups is 1. The standard InChI is InChI=1S/C10H18N2O2S/c13-15(14)7-3-4-9(15)8-12-10-5-1-2-6-11-10/h9H,1-8H2,(H,11,12). The first-order valence-corrected chi connectivity index (χ1v) is 7.39. The molecule has 0 radical (unpaired) electrons. The molecule has 1 N–H and O–H groups in total. The van der Waals surface area contributed by atoms with Crippen LogP contribution in [0.5, 0.6) is 0 Å². The summed E-state index contributed by atoms with van der Waals surface area (Å²) in [5, 5.41) is 3.01. The Bertz CT molecular complexity index is 348. The fourth-order valence-corrected chi connectivity index (χ4v) is 3.93. The summed E-state index contributed by atoms with van der Waals surface area (Å²) in [5.74, 6) is 1.37. The van der Waals surface area contributed by atoms with Gasteiger partial charge in [-0.15, -0.1) is 0 Å². The molecular weight excluding hydrogens is 212 g/mol. The van der Waals surface area contributed by atoms with Gasteiger partial charge in [0, 0.05) is 19.5 Å². The predicted octanol–water partition coefficient (Wildman–Crippen LogP) is 0.736. The molecule has 1 atom stereocenters. The summed E-state index contributed by atoms with van der Waals surface area (Å²) in [6.07, 6.45) is 4.94. The van der Waals surface area contributed by atoms with Crippen LogP contribution in [0.4, 0.5) is 0 Å². The minimum Gasteiger partial charge on any atom is -0.373 e.